The Morgan fingerprint density at radius 3 is 2.58 bits per heavy atom. The van der Waals surface area contributed by atoms with Crippen molar-refractivity contribution in [2.24, 2.45) is 0 Å². The second-order valence-electron chi connectivity index (χ2n) is 9.29. The summed E-state index contributed by atoms with van der Waals surface area (Å²) in [6.45, 7) is 0.864. The zero-order valence-corrected chi connectivity index (χ0v) is 23.4. The lowest BCUT2D eigenvalue weighted by molar-refractivity contribution is 0.0596. The average Bonchev–Trinajstić information content (AvgIpc) is 3.43. The van der Waals surface area contributed by atoms with Crippen molar-refractivity contribution in [3.8, 4) is 6.07 Å². The number of benzene rings is 3. The Kier molecular flexibility index (Phi) is 8.90. The van der Waals surface area contributed by atoms with Crippen LogP contribution in [0, 0.1) is 11.3 Å². The molecule has 1 aromatic heterocycles. The summed E-state index contributed by atoms with van der Waals surface area (Å²) < 4.78 is 35.1. The van der Waals surface area contributed by atoms with E-state index in [-0.39, 0.29) is 29.4 Å². The maximum Gasteiger partial charge on any atom is 0.339 e. The Morgan fingerprint density at radius 1 is 1.12 bits per heavy atom. The summed E-state index contributed by atoms with van der Waals surface area (Å²) in [4.78, 5) is 21.8. The first-order valence-electron chi connectivity index (χ1n) is 12.4. The van der Waals surface area contributed by atoms with E-state index in [1.165, 1.54) is 23.5 Å². The number of sulfonamides is 1. The van der Waals surface area contributed by atoms with Crippen molar-refractivity contribution >= 4 is 34.1 Å². The van der Waals surface area contributed by atoms with Gasteiger partial charge in [0.2, 0.25) is 10.0 Å². The van der Waals surface area contributed by atoms with Gasteiger partial charge in [-0.1, -0.05) is 42.5 Å². The van der Waals surface area contributed by atoms with Gasteiger partial charge in [-0.3, -0.25) is 0 Å². The number of nitrogens with one attached hydrogen (secondary N) is 1. The number of hydrogen-bond acceptors (Lipinski definition) is 7. The van der Waals surface area contributed by atoms with Gasteiger partial charge in [0.05, 0.1) is 47.8 Å². The van der Waals surface area contributed by atoms with Gasteiger partial charge < -0.3 is 14.6 Å². The highest BCUT2D eigenvalue weighted by Gasteiger charge is 2.38. The molecule has 0 spiro atoms. The number of aromatic nitrogens is 2. The van der Waals surface area contributed by atoms with Crippen molar-refractivity contribution in [1.29, 1.82) is 5.26 Å². The van der Waals surface area contributed by atoms with E-state index in [2.05, 4.69) is 20.9 Å². The lowest BCUT2D eigenvalue weighted by Crippen LogP contribution is -2.46. The fourth-order valence-electron chi connectivity index (χ4n) is 4.99. The number of ether oxygens (including phenoxy) is 1. The summed E-state index contributed by atoms with van der Waals surface area (Å²) in [6.07, 6.45) is 3.79. The molecule has 11 heteroatoms. The fraction of sp³-hybridized carbons (Fsp3) is 0.207. The molecule has 0 saturated heterocycles. The van der Waals surface area contributed by atoms with E-state index in [1.54, 1.807) is 36.8 Å². The number of halogens is 1. The van der Waals surface area contributed by atoms with Crippen LogP contribution in [0.1, 0.15) is 32.7 Å². The molecule has 4 aromatic rings. The number of esters is 1. The van der Waals surface area contributed by atoms with Crippen molar-refractivity contribution in [2.45, 2.75) is 30.4 Å². The zero-order chi connectivity index (χ0) is 27.4. The third-order valence-electron chi connectivity index (χ3n) is 6.82. The van der Waals surface area contributed by atoms with Crippen LogP contribution < -0.4 is 4.90 Å². The van der Waals surface area contributed by atoms with Gasteiger partial charge in [-0.15, -0.1) is 12.4 Å². The van der Waals surface area contributed by atoms with Crippen LogP contribution in [-0.2, 0) is 34.3 Å². The first kappa shape index (κ1) is 28.8. The molecule has 1 aliphatic heterocycles. The third-order valence-corrected chi connectivity index (χ3v) is 8.78. The van der Waals surface area contributed by atoms with Crippen LogP contribution in [0.2, 0.25) is 0 Å². The Labute approximate surface area is 239 Å². The molecule has 0 aliphatic carbocycles. The smallest absolute Gasteiger partial charge is 0.339 e. The van der Waals surface area contributed by atoms with Gasteiger partial charge in [0.25, 0.3) is 0 Å². The maximum absolute atomic E-state index is 14.4. The minimum absolute atomic E-state index is 0. The maximum atomic E-state index is 14.4. The average molecular weight is 578 g/mol. The van der Waals surface area contributed by atoms with Gasteiger partial charge in [0.1, 0.15) is 0 Å². The summed E-state index contributed by atoms with van der Waals surface area (Å²) in [5.41, 5.74) is 3.79. The largest absolute Gasteiger partial charge is 0.465 e. The number of rotatable bonds is 7. The van der Waals surface area contributed by atoms with Crippen LogP contribution in [0.15, 0.2) is 90.2 Å². The molecule has 0 saturated carbocycles. The van der Waals surface area contributed by atoms with E-state index in [4.69, 9.17) is 4.74 Å². The third kappa shape index (κ3) is 5.87. The van der Waals surface area contributed by atoms with Gasteiger partial charge >= 0.3 is 5.97 Å². The SMILES string of the molecule is COC(=O)c1ccccc1S(=O)(=O)N1Cc2cc(C#N)ccc2N(Cc2cnc[nH]2)C[C@H]1Cc1ccccc1.Cl. The highest BCUT2D eigenvalue weighted by molar-refractivity contribution is 7.89. The first-order valence-corrected chi connectivity index (χ1v) is 13.8. The van der Waals surface area contributed by atoms with Gasteiger partial charge in [0, 0.05) is 31.0 Å². The highest BCUT2D eigenvalue weighted by Crippen LogP contribution is 2.34. The van der Waals surface area contributed by atoms with Crippen LogP contribution in [-0.4, -0.2) is 48.4 Å². The molecule has 1 atom stereocenters. The topological polar surface area (TPSA) is 119 Å². The lowest BCUT2D eigenvalue weighted by atomic mass is 10.1. The molecule has 0 bridgehead atoms. The van der Waals surface area contributed by atoms with Gasteiger partial charge in [-0.2, -0.15) is 9.57 Å². The Balaban J connectivity index is 0.00000370. The number of aromatic amines is 1. The van der Waals surface area contributed by atoms with E-state index >= 15 is 0 Å². The molecule has 1 N–H and O–H groups in total. The van der Waals surface area contributed by atoms with Crippen LogP contribution in [0.3, 0.4) is 0 Å². The molecule has 0 radical (unpaired) electrons. The molecule has 2 heterocycles. The van der Waals surface area contributed by atoms with Gasteiger partial charge in [-0.05, 0) is 47.9 Å². The number of H-pyrrole nitrogens is 1. The first-order chi connectivity index (χ1) is 18.9. The molecule has 9 nitrogen and oxygen atoms in total. The molecule has 3 aromatic carbocycles. The number of imidazole rings is 1. The van der Waals surface area contributed by atoms with E-state index in [0.29, 0.717) is 30.6 Å². The van der Waals surface area contributed by atoms with E-state index < -0.39 is 22.0 Å². The van der Waals surface area contributed by atoms with Crippen LogP contribution in [0.25, 0.3) is 0 Å². The molecule has 40 heavy (non-hydrogen) atoms. The monoisotopic (exact) mass is 577 g/mol. The number of anilines is 1. The van der Waals surface area contributed by atoms with Crippen LogP contribution in [0.5, 0.6) is 0 Å². The summed E-state index contributed by atoms with van der Waals surface area (Å²) >= 11 is 0. The molecule has 206 valence electrons. The van der Waals surface area contributed by atoms with Crippen molar-refractivity contribution in [3.05, 3.63) is 113 Å². The molecule has 0 unspecified atom stereocenters. The number of nitrogens with zero attached hydrogens (tertiary/aromatic N) is 4. The number of nitriles is 1. The number of carbonyl (C=O) groups excluding carboxylic acids is 1. The summed E-state index contributed by atoms with van der Waals surface area (Å²) in [5.74, 6) is -0.725. The number of fused-ring (bicyclic) bond motifs is 1. The van der Waals surface area contributed by atoms with Crippen molar-refractivity contribution in [1.82, 2.24) is 14.3 Å². The van der Waals surface area contributed by atoms with Crippen molar-refractivity contribution < 1.29 is 17.9 Å². The van der Waals surface area contributed by atoms with E-state index in [9.17, 15) is 18.5 Å². The van der Waals surface area contributed by atoms with Crippen molar-refractivity contribution in [3.63, 3.8) is 0 Å². The molecule has 5 rings (SSSR count). The number of carbonyl (C=O) groups is 1. The van der Waals surface area contributed by atoms with Crippen LogP contribution in [0.4, 0.5) is 5.69 Å². The van der Waals surface area contributed by atoms with E-state index in [1.807, 2.05) is 36.4 Å². The molecule has 0 amide bonds. The lowest BCUT2D eigenvalue weighted by Gasteiger charge is -2.32. The van der Waals surface area contributed by atoms with Gasteiger partial charge in [-0.25, -0.2) is 18.2 Å². The Bertz CT molecular complexity index is 1620. The predicted octanol–water partition coefficient (Wildman–Crippen LogP) is 4.31. The summed E-state index contributed by atoms with van der Waals surface area (Å²) in [7, 11) is -2.96. The fourth-order valence-corrected chi connectivity index (χ4v) is 6.76. The standard InChI is InChI=1S/C29H27N5O4S.ClH/c1-38-29(35)26-9-5-6-10-28(26)39(36,37)34-17-23-13-22(15-30)11-12-27(23)33(18-24-16-31-20-32-24)19-25(34)14-21-7-3-2-4-8-21;/h2-13,16,20,25H,14,17-19H2,1H3,(H,31,32);1H/t25-;/m1./s1. The zero-order valence-electron chi connectivity index (χ0n) is 21.7. The van der Waals surface area contributed by atoms with E-state index in [0.717, 1.165) is 16.9 Å². The highest BCUT2D eigenvalue weighted by atomic mass is 35.5. The Hall–Kier alpha value is -4.17. The second kappa shape index (κ2) is 12.3. The van der Waals surface area contributed by atoms with Gasteiger partial charge in [0.15, 0.2) is 0 Å². The minimum Gasteiger partial charge on any atom is -0.465 e. The molecular formula is C29H28ClN5O4S. The second-order valence-corrected chi connectivity index (χ2v) is 11.2. The predicted molar refractivity (Wildman–Crippen MR) is 152 cm³/mol. The normalized spacial score (nSPS) is 15.3. The summed E-state index contributed by atoms with van der Waals surface area (Å²) in [5, 5.41) is 9.60. The number of methoxy groups -OCH3 is 1. The Morgan fingerprint density at radius 2 is 1.88 bits per heavy atom. The molecular weight excluding hydrogens is 550 g/mol. The quantitative estimate of drug-likeness (QED) is 0.325. The molecule has 0 fully saturated rings. The van der Waals surface area contributed by atoms with Crippen molar-refractivity contribution in [2.75, 3.05) is 18.6 Å². The summed E-state index contributed by atoms with van der Waals surface area (Å²) in [6, 6.07) is 22.8. The molecule has 1 aliphatic rings. The number of hydrogen-bond donors (Lipinski definition) is 1. The minimum atomic E-state index is -4.19. The van der Waals surface area contributed by atoms with Crippen LogP contribution >= 0.6 is 12.4 Å².